The van der Waals surface area contributed by atoms with Gasteiger partial charge in [0.2, 0.25) is 5.95 Å². The first kappa shape index (κ1) is 17.0. The van der Waals surface area contributed by atoms with Crippen LogP contribution in [0.1, 0.15) is 24.5 Å². The first-order valence-corrected chi connectivity index (χ1v) is 8.84. The maximum Gasteiger partial charge on any atom is 0.222 e. The predicted molar refractivity (Wildman–Crippen MR) is 97.2 cm³/mol. The molecule has 8 heteroatoms. The zero-order valence-corrected chi connectivity index (χ0v) is 14.4. The van der Waals surface area contributed by atoms with Crippen molar-refractivity contribution in [2.24, 2.45) is 5.73 Å². The second-order valence-electron chi connectivity index (χ2n) is 7.01. The van der Waals surface area contributed by atoms with Crippen molar-refractivity contribution in [3.63, 3.8) is 0 Å². The van der Waals surface area contributed by atoms with Gasteiger partial charge in [0.05, 0.1) is 11.4 Å². The average Bonchev–Trinajstić information content (AvgIpc) is 2.59. The van der Waals surface area contributed by atoms with Gasteiger partial charge in [0, 0.05) is 50.3 Å². The Hall–Kier alpha value is -2.48. The van der Waals surface area contributed by atoms with E-state index in [1.165, 1.54) is 12.1 Å². The molecule has 0 amide bonds. The van der Waals surface area contributed by atoms with Gasteiger partial charge in [-0.1, -0.05) is 0 Å². The van der Waals surface area contributed by atoms with Gasteiger partial charge in [0.25, 0.3) is 0 Å². The highest BCUT2D eigenvalue weighted by atomic mass is 19.1. The third-order valence-corrected chi connectivity index (χ3v) is 5.20. The molecule has 0 spiro atoms. The fourth-order valence-electron chi connectivity index (χ4n) is 3.66. The monoisotopic (exact) mass is 360 g/mol. The van der Waals surface area contributed by atoms with Gasteiger partial charge in [-0.15, -0.1) is 0 Å². The Morgan fingerprint density at radius 3 is 2.31 bits per heavy atom. The highest BCUT2D eigenvalue weighted by Gasteiger charge is 2.30. The zero-order valence-electron chi connectivity index (χ0n) is 14.4. The van der Waals surface area contributed by atoms with E-state index in [1.54, 1.807) is 0 Å². The summed E-state index contributed by atoms with van der Waals surface area (Å²) in [4.78, 5) is 12.8. The normalized spacial score (nSPS) is 23.0. The number of hydrogen-bond donors (Lipinski definition) is 2. The number of anilines is 3. The fourth-order valence-corrected chi connectivity index (χ4v) is 3.66. The maximum atomic E-state index is 14.0. The van der Waals surface area contributed by atoms with Crippen molar-refractivity contribution in [1.82, 2.24) is 9.97 Å². The molecule has 138 valence electrons. The van der Waals surface area contributed by atoms with Crippen LogP contribution < -0.4 is 21.3 Å². The molecule has 0 radical (unpaired) electrons. The van der Waals surface area contributed by atoms with Crippen LogP contribution in [0.25, 0.3) is 0 Å². The Bertz CT molecular complexity index is 800. The number of rotatable bonds is 3. The van der Waals surface area contributed by atoms with Crippen molar-refractivity contribution in [3.05, 3.63) is 41.6 Å². The van der Waals surface area contributed by atoms with Crippen LogP contribution in [0.15, 0.2) is 24.3 Å². The molecule has 0 atom stereocenters. The summed E-state index contributed by atoms with van der Waals surface area (Å²) in [6.45, 7) is 2.60. The number of benzene rings is 1. The molecule has 6 nitrogen and oxygen atoms in total. The van der Waals surface area contributed by atoms with Gasteiger partial charge < -0.3 is 21.3 Å². The summed E-state index contributed by atoms with van der Waals surface area (Å²) in [5.74, 6) is 0.318. The van der Waals surface area contributed by atoms with E-state index < -0.39 is 11.6 Å². The van der Waals surface area contributed by atoms with Gasteiger partial charge in [-0.2, -0.15) is 4.98 Å². The number of hydrogen-bond acceptors (Lipinski definition) is 6. The van der Waals surface area contributed by atoms with Crippen molar-refractivity contribution < 1.29 is 8.78 Å². The van der Waals surface area contributed by atoms with Crippen LogP contribution in [0.3, 0.4) is 0 Å². The number of aromatic nitrogens is 2. The Balaban J connectivity index is 1.46. The number of nitrogen functional groups attached to an aromatic ring is 1. The smallest absolute Gasteiger partial charge is 0.222 e. The van der Waals surface area contributed by atoms with Crippen LogP contribution in [0, 0.1) is 11.6 Å². The molecule has 2 aromatic rings. The molecule has 1 aliphatic carbocycles. The lowest BCUT2D eigenvalue weighted by molar-refractivity contribution is 0.345. The number of nitrogens with zero attached hydrogens (tertiary/aromatic N) is 4. The van der Waals surface area contributed by atoms with Gasteiger partial charge in [0.1, 0.15) is 17.5 Å². The fraction of sp³-hybridized carbons (Fsp3) is 0.444. The molecular weight excluding hydrogens is 338 g/mol. The largest absolute Gasteiger partial charge is 0.368 e. The SMILES string of the molecule is Nc1nc(C2CC(N)C2)cc(N2CCN(c3ccc(F)cc3F)CC2)n1. The van der Waals surface area contributed by atoms with Crippen molar-refractivity contribution >= 4 is 17.5 Å². The second kappa shape index (κ2) is 6.68. The Labute approximate surface area is 150 Å². The topological polar surface area (TPSA) is 84.3 Å². The average molecular weight is 360 g/mol. The molecule has 1 aromatic heterocycles. The van der Waals surface area contributed by atoms with Crippen molar-refractivity contribution in [3.8, 4) is 0 Å². The van der Waals surface area contributed by atoms with E-state index in [1.807, 2.05) is 11.0 Å². The lowest BCUT2D eigenvalue weighted by Gasteiger charge is -2.37. The van der Waals surface area contributed by atoms with Gasteiger partial charge >= 0.3 is 0 Å². The number of piperazine rings is 1. The number of nitrogens with two attached hydrogens (primary N) is 2. The predicted octanol–water partition coefficient (Wildman–Crippen LogP) is 1.87. The van der Waals surface area contributed by atoms with Crippen LogP contribution in [-0.4, -0.2) is 42.2 Å². The van der Waals surface area contributed by atoms with Crippen LogP contribution in [0.5, 0.6) is 0 Å². The van der Waals surface area contributed by atoms with E-state index in [0.717, 1.165) is 30.4 Å². The summed E-state index contributed by atoms with van der Waals surface area (Å²) in [7, 11) is 0. The summed E-state index contributed by atoms with van der Waals surface area (Å²) >= 11 is 0. The van der Waals surface area contributed by atoms with Gasteiger partial charge in [0.15, 0.2) is 0 Å². The molecule has 2 aliphatic rings. The standard InChI is InChI=1S/C18H22F2N6/c19-12-1-2-16(14(20)9-12)25-3-5-26(6-4-25)17-10-15(23-18(22)24-17)11-7-13(21)8-11/h1-2,9-11,13H,3-8,21H2,(H2,22,23,24). The van der Waals surface area contributed by atoms with E-state index in [9.17, 15) is 8.78 Å². The molecule has 0 bridgehead atoms. The lowest BCUT2D eigenvalue weighted by Crippen LogP contribution is -2.47. The molecular formula is C18H22F2N6. The van der Waals surface area contributed by atoms with Crippen LogP contribution in [0.2, 0.25) is 0 Å². The lowest BCUT2D eigenvalue weighted by atomic mass is 9.78. The van der Waals surface area contributed by atoms with Crippen LogP contribution in [0.4, 0.5) is 26.2 Å². The summed E-state index contributed by atoms with van der Waals surface area (Å²) in [6, 6.07) is 5.92. The highest BCUT2D eigenvalue weighted by Crippen LogP contribution is 2.36. The molecule has 1 aliphatic heterocycles. The van der Waals surface area contributed by atoms with E-state index in [0.29, 0.717) is 37.8 Å². The van der Waals surface area contributed by atoms with Crippen LogP contribution in [-0.2, 0) is 0 Å². The molecule has 1 saturated heterocycles. The van der Waals surface area contributed by atoms with Crippen LogP contribution >= 0.6 is 0 Å². The third-order valence-electron chi connectivity index (χ3n) is 5.20. The second-order valence-corrected chi connectivity index (χ2v) is 7.01. The zero-order chi connectivity index (χ0) is 18.3. The Kier molecular flexibility index (Phi) is 4.36. The van der Waals surface area contributed by atoms with Crippen molar-refractivity contribution in [2.75, 3.05) is 41.7 Å². The summed E-state index contributed by atoms with van der Waals surface area (Å²) in [5, 5.41) is 0. The summed E-state index contributed by atoms with van der Waals surface area (Å²) < 4.78 is 27.1. The molecule has 2 fully saturated rings. The Morgan fingerprint density at radius 2 is 1.65 bits per heavy atom. The quantitative estimate of drug-likeness (QED) is 0.869. The molecule has 2 heterocycles. The van der Waals surface area contributed by atoms with E-state index in [4.69, 9.17) is 11.5 Å². The highest BCUT2D eigenvalue weighted by molar-refractivity contribution is 5.51. The van der Waals surface area contributed by atoms with Crippen molar-refractivity contribution in [2.45, 2.75) is 24.8 Å². The minimum atomic E-state index is -0.565. The summed E-state index contributed by atoms with van der Waals surface area (Å²) in [5.41, 5.74) is 13.1. The third kappa shape index (κ3) is 3.29. The minimum Gasteiger partial charge on any atom is -0.368 e. The van der Waals surface area contributed by atoms with Crippen molar-refractivity contribution in [1.29, 1.82) is 0 Å². The Morgan fingerprint density at radius 1 is 0.962 bits per heavy atom. The molecule has 4 N–H and O–H groups in total. The molecule has 4 rings (SSSR count). The van der Waals surface area contributed by atoms with Gasteiger partial charge in [-0.25, -0.2) is 13.8 Å². The first-order valence-electron chi connectivity index (χ1n) is 8.84. The maximum absolute atomic E-state index is 14.0. The van der Waals surface area contributed by atoms with Gasteiger partial charge in [-0.3, -0.25) is 0 Å². The summed E-state index contributed by atoms with van der Waals surface area (Å²) in [6.07, 6.45) is 1.85. The van der Waals surface area contributed by atoms with E-state index >= 15 is 0 Å². The first-order chi connectivity index (χ1) is 12.5. The molecule has 26 heavy (non-hydrogen) atoms. The van der Waals surface area contributed by atoms with E-state index in [2.05, 4.69) is 14.9 Å². The van der Waals surface area contributed by atoms with E-state index in [-0.39, 0.29) is 12.0 Å². The molecule has 1 aromatic carbocycles. The minimum absolute atomic E-state index is 0.244. The number of halogens is 2. The molecule has 0 unspecified atom stereocenters. The molecule has 1 saturated carbocycles. The van der Waals surface area contributed by atoms with Gasteiger partial charge in [-0.05, 0) is 25.0 Å².